The smallest absolute Gasteiger partial charge is 0.344 e. The lowest BCUT2D eigenvalue weighted by Crippen LogP contribution is -2.50. The molecule has 1 atom stereocenters. The van der Waals surface area contributed by atoms with Crippen molar-refractivity contribution < 1.29 is 9.63 Å². The molecule has 0 saturated heterocycles. The van der Waals surface area contributed by atoms with Gasteiger partial charge in [-0.3, -0.25) is 4.99 Å². The molecule has 0 bridgehead atoms. The zero-order valence-corrected chi connectivity index (χ0v) is 9.61. The van der Waals surface area contributed by atoms with Crippen molar-refractivity contribution in [1.82, 2.24) is 0 Å². The van der Waals surface area contributed by atoms with E-state index in [0.717, 1.165) is 6.42 Å². The van der Waals surface area contributed by atoms with E-state index in [0.29, 0.717) is 25.8 Å². The molecule has 0 aromatic heterocycles. The van der Waals surface area contributed by atoms with Crippen LogP contribution in [-0.4, -0.2) is 24.0 Å². The monoisotopic (exact) mass is 231 g/mol. The van der Waals surface area contributed by atoms with Gasteiger partial charge in [0.05, 0.1) is 0 Å². The van der Waals surface area contributed by atoms with Crippen LogP contribution in [0.4, 0.5) is 0 Å². The molecule has 0 aliphatic rings. The third-order valence-electron chi connectivity index (χ3n) is 2.29. The summed E-state index contributed by atoms with van der Waals surface area (Å²) in [6, 6.07) is 0. The van der Waals surface area contributed by atoms with Crippen LogP contribution in [0.1, 0.15) is 32.6 Å². The van der Waals surface area contributed by atoms with E-state index < -0.39 is 11.5 Å². The van der Waals surface area contributed by atoms with E-state index in [2.05, 4.69) is 9.83 Å². The first kappa shape index (κ1) is 14.7. The lowest BCUT2D eigenvalue weighted by molar-refractivity contribution is -0.151. The van der Waals surface area contributed by atoms with Crippen LogP contribution in [0.15, 0.2) is 4.99 Å². The van der Waals surface area contributed by atoms with Crippen molar-refractivity contribution in [2.75, 3.05) is 6.54 Å². The van der Waals surface area contributed by atoms with Crippen molar-refractivity contribution in [1.29, 1.82) is 0 Å². The van der Waals surface area contributed by atoms with Gasteiger partial charge in [-0.05, 0) is 19.3 Å². The summed E-state index contributed by atoms with van der Waals surface area (Å²) in [5.74, 6) is 4.27. The van der Waals surface area contributed by atoms with Crippen LogP contribution in [0.2, 0.25) is 0 Å². The summed E-state index contributed by atoms with van der Waals surface area (Å²) in [7, 11) is 0. The van der Waals surface area contributed by atoms with E-state index in [4.69, 9.17) is 23.1 Å². The number of nitrogens with two attached hydrogens (primary N) is 4. The van der Waals surface area contributed by atoms with Gasteiger partial charge in [0, 0.05) is 6.54 Å². The third-order valence-corrected chi connectivity index (χ3v) is 2.29. The molecular weight excluding hydrogens is 210 g/mol. The Morgan fingerprint density at radius 2 is 2.00 bits per heavy atom. The summed E-state index contributed by atoms with van der Waals surface area (Å²) in [6.45, 7) is 2.37. The first-order valence-electron chi connectivity index (χ1n) is 5.21. The second kappa shape index (κ2) is 7.02. The van der Waals surface area contributed by atoms with Crippen molar-refractivity contribution in [2.45, 2.75) is 38.1 Å². The molecule has 1 unspecified atom stereocenters. The summed E-state index contributed by atoms with van der Waals surface area (Å²) in [5, 5.41) is 0. The van der Waals surface area contributed by atoms with Crippen molar-refractivity contribution in [3.05, 3.63) is 0 Å². The van der Waals surface area contributed by atoms with E-state index in [1.807, 2.05) is 6.92 Å². The Morgan fingerprint density at radius 3 is 2.44 bits per heavy atom. The quantitative estimate of drug-likeness (QED) is 0.191. The Kier molecular flexibility index (Phi) is 6.43. The molecule has 0 spiro atoms. The summed E-state index contributed by atoms with van der Waals surface area (Å²) in [4.78, 5) is 19.4. The van der Waals surface area contributed by atoms with Crippen LogP contribution in [0.5, 0.6) is 0 Å². The Hall–Kier alpha value is -1.34. The topological polar surface area (TPSA) is 143 Å². The Balaban J connectivity index is 4.23. The molecule has 7 nitrogen and oxygen atoms in total. The molecule has 7 heteroatoms. The number of hydrogen-bond acceptors (Lipinski definition) is 5. The van der Waals surface area contributed by atoms with Gasteiger partial charge >= 0.3 is 5.97 Å². The lowest BCUT2D eigenvalue weighted by Gasteiger charge is -2.25. The van der Waals surface area contributed by atoms with E-state index >= 15 is 0 Å². The normalized spacial score (nSPS) is 13.9. The fourth-order valence-electron chi connectivity index (χ4n) is 1.50. The fraction of sp³-hybridized carbons (Fsp3) is 0.778. The minimum absolute atomic E-state index is 0.0273. The summed E-state index contributed by atoms with van der Waals surface area (Å²) in [5.41, 5.74) is 15.2. The minimum Gasteiger partial charge on any atom is -0.372 e. The van der Waals surface area contributed by atoms with E-state index in [1.165, 1.54) is 0 Å². The Bertz CT molecular complexity index is 252. The van der Waals surface area contributed by atoms with Gasteiger partial charge in [0.15, 0.2) is 5.96 Å². The van der Waals surface area contributed by atoms with Gasteiger partial charge in [-0.15, -0.1) is 0 Å². The Labute approximate surface area is 95.1 Å². The second-order valence-electron chi connectivity index (χ2n) is 3.72. The van der Waals surface area contributed by atoms with Crippen LogP contribution >= 0.6 is 0 Å². The van der Waals surface area contributed by atoms with Gasteiger partial charge < -0.3 is 22.0 Å². The van der Waals surface area contributed by atoms with Gasteiger partial charge in [0.1, 0.15) is 5.54 Å². The number of aliphatic imine (C=N–C) groups is 1. The minimum atomic E-state index is -1.04. The molecule has 8 N–H and O–H groups in total. The van der Waals surface area contributed by atoms with E-state index in [9.17, 15) is 4.79 Å². The van der Waals surface area contributed by atoms with Crippen molar-refractivity contribution >= 4 is 11.9 Å². The maximum absolute atomic E-state index is 11.4. The number of hydrogen-bond donors (Lipinski definition) is 4. The zero-order valence-electron chi connectivity index (χ0n) is 9.61. The molecule has 16 heavy (non-hydrogen) atoms. The van der Waals surface area contributed by atoms with E-state index in [-0.39, 0.29) is 5.96 Å². The molecule has 0 fully saturated rings. The number of guanidine groups is 1. The maximum atomic E-state index is 11.4. The predicted octanol–water partition coefficient (Wildman–Crippen LogP) is -1.05. The highest BCUT2D eigenvalue weighted by Gasteiger charge is 2.33. The zero-order chi connectivity index (χ0) is 12.6. The van der Waals surface area contributed by atoms with Gasteiger partial charge in [-0.1, -0.05) is 13.3 Å². The predicted molar refractivity (Wildman–Crippen MR) is 62.0 cm³/mol. The first-order chi connectivity index (χ1) is 7.46. The summed E-state index contributed by atoms with van der Waals surface area (Å²) < 4.78 is 0. The van der Waals surface area contributed by atoms with Crippen LogP contribution in [-0.2, 0) is 9.63 Å². The lowest BCUT2D eigenvalue weighted by atomic mass is 9.90. The molecule has 0 radical (unpaired) electrons. The van der Waals surface area contributed by atoms with Crippen molar-refractivity contribution in [3.63, 3.8) is 0 Å². The molecule has 0 aliphatic heterocycles. The standard InChI is InChI=1S/C9H21N5O2/c1-2-4-9(12,7(15)16-13)5-3-6-14-8(10)11/h2-6,12-13H2,1H3,(H4,10,11,14). The van der Waals surface area contributed by atoms with Gasteiger partial charge in [-0.25, -0.2) is 4.79 Å². The SMILES string of the molecule is CCCC(N)(CCCN=C(N)N)C(=O)ON. The van der Waals surface area contributed by atoms with Gasteiger partial charge in [-0.2, -0.15) is 5.90 Å². The van der Waals surface area contributed by atoms with Crippen molar-refractivity contribution in [3.8, 4) is 0 Å². The fourth-order valence-corrected chi connectivity index (χ4v) is 1.50. The third kappa shape index (κ3) is 4.94. The highest BCUT2D eigenvalue weighted by Crippen LogP contribution is 2.17. The molecule has 0 heterocycles. The number of carbonyl (C=O) groups is 1. The van der Waals surface area contributed by atoms with Crippen LogP contribution in [0, 0.1) is 0 Å². The van der Waals surface area contributed by atoms with Crippen LogP contribution in [0.3, 0.4) is 0 Å². The highest BCUT2D eigenvalue weighted by molar-refractivity contribution is 5.80. The molecule has 94 valence electrons. The molecule has 0 aliphatic carbocycles. The second-order valence-corrected chi connectivity index (χ2v) is 3.72. The molecule has 0 aromatic rings. The summed E-state index contributed by atoms with van der Waals surface area (Å²) in [6.07, 6.45) is 2.33. The average molecular weight is 231 g/mol. The van der Waals surface area contributed by atoms with Crippen LogP contribution < -0.4 is 23.1 Å². The van der Waals surface area contributed by atoms with E-state index in [1.54, 1.807) is 0 Å². The van der Waals surface area contributed by atoms with Crippen LogP contribution in [0.25, 0.3) is 0 Å². The molecular formula is C9H21N5O2. The molecule has 0 rings (SSSR count). The number of nitrogens with zero attached hydrogens (tertiary/aromatic N) is 1. The summed E-state index contributed by atoms with van der Waals surface area (Å²) >= 11 is 0. The highest BCUT2D eigenvalue weighted by atomic mass is 16.7. The first-order valence-corrected chi connectivity index (χ1v) is 5.21. The van der Waals surface area contributed by atoms with Crippen molar-refractivity contribution in [2.24, 2.45) is 28.1 Å². The largest absolute Gasteiger partial charge is 0.372 e. The number of rotatable bonds is 7. The Morgan fingerprint density at radius 1 is 1.38 bits per heavy atom. The molecule has 0 amide bonds. The molecule has 0 aromatic carbocycles. The van der Waals surface area contributed by atoms with Gasteiger partial charge in [0.25, 0.3) is 0 Å². The maximum Gasteiger partial charge on any atom is 0.344 e. The van der Waals surface area contributed by atoms with Gasteiger partial charge in [0.2, 0.25) is 0 Å². The molecule has 0 saturated carbocycles. The average Bonchev–Trinajstić information content (AvgIpc) is 2.23. The number of carbonyl (C=O) groups excluding carboxylic acids is 1.